The van der Waals surface area contributed by atoms with Gasteiger partial charge in [-0.1, -0.05) is 36.4 Å². The third kappa shape index (κ3) is 6.52. The van der Waals surface area contributed by atoms with Crippen LogP contribution in [0.3, 0.4) is 0 Å². The van der Waals surface area contributed by atoms with E-state index in [1.807, 2.05) is 44.2 Å². The molecule has 2 aliphatic heterocycles. The molecule has 2 aliphatic rings. The second kappa shape index (κ2) is 11.7. The van der Waals surface area contributed by atoms with Crippen molar-refractivity contribution in [1.82, 2.24) is 15.5 Å². The van der Waals surface area contributed by atoms with E-state index in [1.165, 1.54) is 16.7 Å². The summed E-state index contributed by atoms with van der Waals surface area (Å²) in [5.41, 5.74) is 0.834. The fourth-order valence-electron chi connectivity index (χ4n) is 4.08. The number of ether oxygens (including phenoxy) is 2. The molecular weight excluding hydrogens is 458 g/mol. The highest BCUT2D eigenvalue weighted by molar-refractivity contribution is 8.00. The predicted molar refractivity (Wildman–Crippen MR) is 129 cm³/mol. The van der Waals surface area contributed by atoms with Gasteiger partial charge in [-0.3, -0.25) is 9.59 Å². The Balaban J connectivity index is 1.76. The molecule has 9 nitrogen and oxygen atoms in total. The van der Waals surface area contributed by atoms with Crippen molar-refractivity contribution in [2.75, 3.05) is 25.6 Å². The number of nitrogens with zero attached hydrogens (tertiary/aromatic N) is 1. The summed E-state index contributed by atoms with van der Waals surface area (Å²) in [5.74, 6) is -0.692. The Bertz CT molecular complexity index is 875. The van der Waals surface area contributed by atoms with Gasteiger partial charge in [-0.15, -0.1) is 18.3 Å². The Morgan fingerprint density at radius 3 is 2.74 bits per heavy atom. The lowest BCUT2D eigenvalue weighted by Crippen LogP contribution is -2.58. The van der Waals surface area contributed by atoms with E-state index in [0.717, 1.165) is 5.56 Å². The number of alkyl carbamates (subject to hydrolysis) is 1. The second-order valence-corrected chi connectivity index (χ2v) is 10.5. The van der Waals surface area contributed by atoms with Crippen LogP contribution in [0.4, 0.5) is 4.79 Å². The Morgan fingerprint density at radius 1 is 1.35 bits per heavy atom. The molecule has 1 aromatic rings. The smallest absolute Gasteiger partial charge is 0.407 e. The number of amides is 3. The van der Waals surface area contributed by atoms with Crippen LogP contribution in [0.15, 0.2) is 43.0 Å². The van der Waals surface area contributed by atoms with Crippen molar-refractivity contribution in [1.29, 1.82) is 0 Å². The van der Waals surface area contributed by atoms with Gasteiger partial charge in [-0.25, -0.2) is 4.79 Å². The second-order valence-electron chi connectivity index (χ2n) is 8.90. The number of hydrogen-bond donors (Lipinski definition) is 3. The third-order valence-electron chi connectivity index (χ3n) is 5.90. The molecule has 0 spiro atoms. The Hall–Kier alpha value is -2.56. The molecule has 10 heteroatoms. The van der Waals surface area contributed by atoms with Gasteiger partial charge in [0.15, 0.2) is 6.10 Å². The molecule has 1 aromatic carbocycles. The number of hydrogen-bond acceptors (Lipinski definition) is 7. The zero-order chi connectivity index (χ0) is 24.7. The third-order valence-corrected chi connectivity index (χ3v) is 7.27. The van der Waals surface area contributed by atoms with Crippen molar-refractivity contribution >= 4 is 29.7 Å². The standard InChI is InChI=1S/C24H33N3O6S/c1-4-11-25-21(29)20-24(2,3)34-15-27(20)22(30)19(28)18(13-16-8-6-5-7-9-16)26-23(31)33-17-10-12-32-14-17/h4-9,17-20,28H,1,10-15H2,2-3H3,(H,25,29)(H,26,31). The van der Waals surface area contributed by atoms with Crippen molar-refractivity contribution < 1.29 is 29.0 Å². The summed E-state index contributed by atoms with van der Waals surface area (Å²) < 4.78 is 10.1. The van der Waals surface area contributed by atoms with E-state index in [9.17, 15) is 19.5 Å². The fourth-order valence-corrected chi connectivity index (χ4v) is 5.22. The number of rotatable bonds is 9. The van der Waals surface area contributed by atoms with Gasteiger partial charge in [0.2, 0.25) is 5.91 Å². The van der Waals surface area contributed by atoms with E-state index >= 15 is 0 Å². The summed E-state index contributed by atoms with van der Waals surface area (Å²) in [5, 5.41) is 16.5. The van der Waals surface area contributed by atoms with Gasteiger partial charge >= 0.3 is 6.09 Å². The van der Waals surface area contributed by atoms with Crippen LogP contribution in [-0.4, -0.2) is 82.6 Å². The fraction of sp³-hybridized carbons (Fsp3) is 0.542. The molecule has 0 saturated carbocycles. The average molecular weight is 492 g/mol. The SMILES string of the molecule is C=CCNC(=O)C1N(C(=O)C(O)C(Cc2ccccc2)NC(=O)OC2CCOC2)CSC1(C)C. The number of nitrogens with one attached hydrogen (secondary N) is 2. The molecule has 2 heterocycles. The van der Waals surface area contributed by atoms with E-state index in [4.69, 9.17) is 9.47 Å². The number of carbonyl (C=O) groups excluding carboxylic acids is 3. The number of aliphatic hydroxyl groups excluding tert-OH is 1. The zero-order valence-corrected chi connectivity index (χ0v) is 20.4. The van der Waals surface area contributed by atoms with E-state index in [-0.39, 0.29) is 30.9 Å². The minimum Gasteiger partial charge on any atom is -0.444 e. The number of carbonyl (C=O) groups is 3. The topological polar surface area (TPSA) is 117 Å². The molecule has 186 valence electrons. The van der Waals surface area contributed by atoms with Crippen LogP contribution < -0.4 is 10.6 Å². The number of aliphatic hydroxyl groups is 1. The average Bonchev–Trinajstić information content (AvgIpc) is 3.43. The molecule has 34 heavy (non-hydrogen) atoms. The Kier molecular flexibility index (Phi) is 8.98. The maximum atomic E-state index is 13.4. The number of thioether (sulfide) groups is 1. The van der Waals surface area contributed by atoms with Crippen molar-refractivity contribution in [3.8, 4) is 0 Å². The minimum absolute atomic E-state index is 0.210. The highest BCUT2D eigenvalue weighted by atomic mass is 32.2. The maximum Gasteiger partial charge on any atom is 0.407 e. The van der Waals surface area contributed by atoms with E-state index in [2.05, 4.69) is 17.2 Å². The highest BCUT2D eigenvalue weighted by Crippen LogP contribution is 2.39. The summed E-state index contributed by atoms with van der Waals surface area (Å²) in [7, 11) is 0. The lowest BCUT2D eigenvalue weighted by atomic mass is 9.97. The highest BCUT2D eigenvalue weighted by Gasteiger charge is 2.49. The monoisotopic (exact) mass is 491 g/mol. The quantitative estimate of drug-likeness (QED) is 0.448. The Morgan fingerprint density at radius 2 is 2.09 bits per heavy atom. The molecule has 0 bridgehead atoms. The van der Waals surface area contributed by atoms with Crippen molar-refractivity contribution in [2.24, 2.45) is 0 Å². The molecule has 3 N–H and O–H groups in total. The van der Waals surface area contributed by atoms with Gasteiger partial charge in [-0.2, -0.15) is 0 Å². The summed E-state index contributed by atoms with van der Waals surface area (Å²) in [6.45, 7) is 8.49. The van der Waals surface area contributed by atoms with Gasteiger partial charge in [0, 0.05) is 17.7 Å². The first-order valence-electron chi connectivity index (χ1n) is 11.3. The molecule has 2 fully saturated rings. The first kappa shape index (κ1) is 26.1. The summed E-state index contributed by atoms with van der Waals surface area (Å²) in [6, 6.07) is 7.51. The summed E-state index contributed by atoms with van der Waals surface area (Å²) in [6.07, 6.45) is -0.286. The molecule has 4 atom stereocenters. The first-order valence-corrected chi connectivity index (χ1v) is 12.3. The normalized spacial score (nSPS) is 23.1. The van der Waals surface area contributed by atoms with Crippen LogP contribution in [0, 0.1) is 0 Å². The molecule has 0 aromatic heterocycles. The molecule has 2 saturated heterocycles. The van der Waals surface area contributed by atoms with Gasteiger partial charge < -0.3 is 30.1 Å². The van der Waals surface area contributed by atoms with E-state index < -0.39 is 34.9 Å². The van der Waals surface area contributed by atoms with Crippen LogP contribution in [0.1, 0.15) is 25.8 Å². The first-order chi connectivity index (χ1) is 16.2. The molecule has 4 unspecified atom stereocenters. The van der Waals surface area contributed by atoms with Gasteiger partial charge in [0.05, 0.1) is 25.1 Å². The summed E-state index contributed by atoms with van der Waals surface area (Å²) >= 11 is 1.46. The van der Waals surface area contributed by atoms with Crippen LogP contribution in [0.5, 0.6) is 0 Å². The van der Waals surface area contributed by atoms with Gasteiger partial charge in [0.25, 0.3) is 5.91 Å². The van der Waals surface area contributed by atoms with Crippen LogP contribution in [-0.2, 0) is 25.5 Å². The predicted octanol–water partition coefficient (Wildman–Crippen LogP) is 1.46. The molecule has 3 rings (SSSR count). The lowest BCUT2D eigenvalue weighted by molar-refractivity contribution is -0.147. The molecule has 0 aliphatic carbocycles. The van der Waals surface area contributed by atoms with Crippen molar-refractivity contribution in [3.63, 3.8) is 0 Å². The molecule has 3 amide bonds. The van der Waals surface area contributed by atoms with Gasteiger partial charge in [0.1, 0.15) is 12.1 Å². The van der Waals surface area contributed by atoms with Crippen LogP contribution >= 0.6 is 11.8 Å². The van der Waals surface area contributed by atoms with E-state index in [1.54, 1.807) is 6.08 Å². The van der Waals surface area contributed by atoms with Crippen molar-refractivity contribution in [3.05, 3.63) is 48.6 Å². The zero-order valence-electron chi connectivity index (χ0n) is 19.6. The maximum absolute atomic E-state index is 13.4. The van der Waals surface area contributed by atoms with Crippen LogP contribution in [0.2, 0.25) is 0 Å². The summed E-state index contributed by atoms with van der Waals surface area (Å²) in [4.78, 5) is 40.2. The lowest BCUT2D eigenvalue weighted by Gasteiger charge is -2.33. The molecular formula is C24H33N3O6S. The van der Waals surface area contributed by atoms with Crippen molar-refractivity contribution in [2.45, 2.75) is 55.7 Å². The Labute approximate surface area is 204 Å². The van der Waals surface area contributed by atoms with E-state index in [0.29, 0.717) is 19.6 Å². The van der Waals surface area contributed by atoms with Crippen LogP contribution in [0.25, 0.3) is 0 Å². The number of benzene rings is 1. The largest absolute Gasteiger partial charge is 0.444 e. The van der Waals surface area contributed by atoms with Gasteiger partial charge in [-0.05, 0) is 25.8 Å². The molecule has 0 radical (unpaired) electrons. The minimum atomic E-state index is -1.57.